The largest absolute Gasteiger partial charge is 0.469 e. The predicted octanol–water partition coefficient (Wildman–Crippen LogP) is 2.05. The van der Waals surface area contributed by atoms with E-state index in [0.29, 0.717) is 0 Å². The van der Waals surface area contributed by atoms with Crippen molar-refractivity contribution >= 4 is 5.97 Å². The van der Waals surface area contributed by atoms with Crippen LogP contribution in [-0.2, 0) is 22.1 Å². The minimum atomic E-state index is -5.00. The van der Waals surface area contributed by atoms with Gasteiger partial charge in [0, 0.05) is 0 Å². The molecule has 19 heavy (non-hydrogen) atoms. The second-order valence-corrected chi connectivity index (χ2v) is 3.50. The summed E-state index contributed by atoms with van der Waals surface area (Å²) in [6.45, 7) is 0. The zero-order valence-electron chi connectivity index (χ0n) is 9.48. The van der Waals surface area contributed by atoms with Crippen molar-refractivity contribution in [2.45, 2.75) is 19.0 Å². The summed E-state index contributed by atoms with van der Waals surface area (Å²) in [5.74, 6) is -0.998. The lowest BCUT2D eigenvalue weighted by Gasteiger charge is -2.11. The lowest BCUT2D eigenvalue weighted by atomic mass is 10.1. The summed E-state index contributed by atoms with van der Waals surface area (Å²) >= 11 is 0. The molecule has 1 rings (SSSR count). The molecular weight excluding hydrogens is 277 g/mol. The van der Waals surface area contributed by atoms with Crippen molar-refractivity contribution in [3.8, 4) is 0 Å². The number of nitrogens with one attached hydrogen (secondary N) is 1. The van der Waals surface area contributed by atoms with Crippen molar-refractivity contribution in [2.75, 3.05) is 7.11 Å². The highest BCUT2D eigenvalue weighted by Crippen LogP contribution is 2.29. The fourth-order valence-electron chi connectivity index (χ4n) is 1.37. The van der Waals surface area contributed by atoms with E-state index in [-0.39, 0.29) is 6.07 Å². The van der Waals surface area contributed by atoms with Crippen molar-refractivity contribution in [1.29, 1.82) is 0 Å². The molecule has 0 amide bonds. The molecule has 0 unspecified atom stereocenters. The lowest BCUT2D eigenvalue weighted by Crippen LogP contribution is -2.24. The quantitative estimate of drug-likeness (QED) is 0.683. The second-order valence-electron chi connectivity index (χ2n) is 3.50. The third-order valence-corrected chi connectivity index (χ3v) is 2.24. The van der Waals surface area contributed by atoms with Gasteiger partial charge in [0.05, 0.1) is 19.2 Å². The number of rotatable bonds is 3. The van der Waals surface area contributed by atoms with Crippen LogP contribution in [0.25, 0.3) is 0 Å². The molecule has 1 heterocycles. The highest BCUT2D eigenvalue weighted by atomic mass is 19.4. The van der Waals surface area contributed by atoms with E-state index in [0.717, 1.165) is 7.11 Å². The predicted molar refractivity (Wildman–Crippen MR) is 52.7 cm³/mol. The van der Waals surface area contributed by atoms with Gasteiger partial charge in [0.15, 0.2) is 0 Å². The van der Waals surface area contributed by atoms with Gasteiger partial charge in [-0.15, -0.1) is 0 Å². The summed E-state index contributed by atoms with van der Waals surface area (Å²) in [5, 5.41) is 0. The van der Waals surface area contributed by atoms with Gasteiger partial charge in [0.1, 0.15) is 5.56 Å². The van der Waals surface area contributed by atoms with Gasteiger partial charge in [0.25, 0.3) is 12.0 Å². The average Bonchev–Trinajstić information content (AvgIpc) is 2.28. The van der Waals surface area contributed by atoms with Gasteiger partial charge < -0.3 is 9.72 Å². The first-order chi connectivity index (χ1) is 8.66. The van der Waals surface area contributed by atoms with Gasteiger partial charge in [-0.3, -0.25) is 9.59 Å². The molecule has 106 valence electrons. The van der Waals surface area contributed by atoms with Crippen LogP contribution < -0.4 is 5.56 Å². The number of aromatic nitrogens is 1. The van der Waals surface area contributed by atoms with Gasteiger partial charge in [-0.2, -0.15) is 13.2 Å². The zero-order valence-corrected chi connectivity index (χ0v) is 9.48. The Hall–Kier alpha value is -1.93. The molecule has 0 saturated heterocycles. The van der Waals surface area contributed by atoms with E-state index < -0.39 is 47.4 Å². The van der Waals surface area contributed by atoms with Crippen molar-refractivity contribution in [3.05, 3.63) is 33.2 Å². The molecule has 1 N–H and O–H groups in total. The van der Waals surface area contributed by atoms with Crippen molar-refractivity contribution in [2.24, 2.45) is 0 Å². The molecule has 0 bridgehead atoms. The number of carbonyl (C=O) groups excluding carboxylic acids is 1. The van der Waals surface area contributed by atoms with Crippen LogP contribution in [-0.4, -0.2) is 18.1 Å². The van der Waals surface area contributed by atoms with E-state index in [9.17, 15) is 31.5 Å². The minimum Gasteiger partial charge on any atom is -0.469 e. The number of ether oxygens (including phenoxy) is 1. The summed E-state index contributed by atoms with van der Waals surface area (Å²) < 4.78 is 66.7. The smallest absolute Gasteiger partial charge is 0.421 e. The third-order valence-electron chi connectivity index (χ3n) is 2.24. The van der Waals surface area contributed by atoms with Crippen LogP contribution in [0.4, 0.5) is 22.0 Å². The van der Waals surface area contributed by atoms with Crippen molar-refractivity contribution in [3.63, 3.8) is 0 Å². The van der Waals surface area contributed by atoms with Crippen LogP contribution in [0.2, 0.25) is 0 Å². The molecule has 0 saturated carbocycles. The van der Waals surface area contributed by atoms with Gasteiger partial charge in [-0.05, 0) is 11.6 Å². The number of H-pyrrole nitrogens is 1. The number of hydrogen-bond donors (Lipinski definition) is 1. The zero-order chi connectivity index (χ0) is 14.8. The first-order valence-corrected chi connectivity index (χ1v) is 4.85. The summed E-state index contributed by atoms with van der Waals surface area (Å²) in [6.07, 6.45) is -9.01. The number of esters is 1. The maximum atomic E-state index is 12.6. The van der Waals surface area contributed by atoms with E-state index in [4.69, 9.17) is 0 Å². The molecule has 0 radical (unpaired) electrons. The minimum absolute atomic E-state index is 0.233. The molecule has 4 nitrogen and oxygen atoms in total. The highest BCUT2D eigenvalue weighted by molar-refractivity contribution is 5.72. The lowest BCUT2D eigenvalue weighted by molar-refractivity contribution is -0.141. The summed E-state index contributed by atoms with van der Waals surface area (Å²) in [7, 11) is 0.959. The van der Waals surface area contributed by atoms with E-state index in [1.165, 1.54) is 4.98 Å². The Morgan fingerprint density at radius 2 is 2.00 bits per heavy atom. The van der Waals surface area contributed by atoms with E-state index in [1.54, 1.807) is 0 Å². The number of hydrogen-bond acceptors (Lipinski definition) is 3. The van der Waals surface area contributed by atoms with Crippen LogP contribution >= 0.6 is 0 Å². The normalized spacial score (nSPS) is 11.7. The Kier molecular flexibility index (Phi) is 4.28. The van der Waals surface area contributed by atoms with Crippen molar-refractivity contribution in [1.82, 2.24) is 4.98 Å². The summed E-state index contributed by atoms with van der Waals surface area (Å²) in [4.78, 5) is 23.5. The molecule has 0 spiro atoms. The van der Waals surface area contributed by atoms with Crippen LogP contribution in [0.5, 0.6) is 0 Å². The molecule has 0 aliphatic heterocycles. The third kappa shape index (κ3) is 3.52. The topological polar surface area (TPSA) is 59.2 Å². The van der Waals surface area contributed by atoms with Crippen LogP contribution in [0.1, 0.15) is 23.2 Å². The van der Waals surface area contributed by atoms with Gasteiger partial charge >= 0.3 is 12.1 Å². The molecule has 0 fully saturated rings. The first kappa shape index (κ1) is 15.1. The molecule has 0 atom stereocenters. The molecule has 1 aromatic rings. The van der Waals surface area contributed by atoms with Crippen LogP contribution in [0.3, 0.4) is 0 Å². The highest BCUT2D eigenvalue weighted by Gasteiger charge is 2.35. The van der Waals surface area contributed by atoms with Crippen LogP contribution in [0.15, 0.2) is 10.9 Å². The maximum Gasteiger partial charge on any atom is 0.421 e. The Balaban J connectivity index is 3.40. The Labute approximate surface area is 103 Å². The number of pyridine rings is 1. The molecule has 1 aromatic heterocycles. The fraction of sp³-hybridized carbons (Fsp3) is 0.400. The molecule has 0 aliphatic rings. The second kappa shape index (κ2) is 5.37. The standard InChI is InChI=1S/C10H8F5NO3/c1-19-6(17)3-4-2-5(10(13,14)15)9(18)16-7(4)8(11)12/h2,8H,3H2,1H3,(H,16,18). The number of aromatic amines is 1. The summed E-state index contributed by atoms with van der Waals surface area (Å²) in [5.41, 5.74) is -4.98. The van der Waals surface area contributed by atoms with E-state index >= 15 is 0 Å². The molecular formula is C10H8F5NO3. The summed E-state index contributed by atoms with van der Waals surface area (Å²) in [6, 6.07) is 0.233. The monoisotopic (exact) mass is 285 g/mol. The van der Waals surface area contributed by atoms with E-state index in [2.05, 4.69) is 4.74 Å². The Bertz CT molecular complexity index is 535. The number of alkyl halides is 5. The molecule has 9 heteroatoms. The van der Waals surface area contributed by atoms with Gasteiger partial charge in [-0.1, -0.05) is 0 Å². The molecule has 0 aliphatic carbocycles. The SMILES string of the molecule is COC(=O)Cc1cc(C(F)(F)F)c(=O)[nH]c1C(F)F. The number of methoxy groups -OCH3 is 1. The Morgan fingerprint density at radius 1 is 1.42 bits per heavy atom. The van der Waals surface area contributed by atoms with E-state index in [1.807, 2.05) is 0 Å². The number of halogens is 5. The van der Waals surface area contributed by atoms with Crippen LogP contribution in [0, 0.1) is 0 Å². The number of carbonyl (C=O) groups is 1. The molecule has 0 aromatic carbocycles. The maximum absolute atomic E-state index is 12.6. The Morgan fingerprint density at radius 3 is 2.42 bits per heavy atom. The fourth-order valence-corrected chi connectivity index (χ4v) is 1.37. The first-order valence-electron chi connectivity index (χ1n) is 4.85. The van der Waals surface area contributed by atoms with Gasteiger partial charge in [0.2, 0.25) is 0 Å². The average molecular weight is 285 g/mol. The van der Waals surface area contributed by atoms with Gasteiger partial charge in [-0.25, -0.2) is 8.78 Å². The van der Waals surface area contributed by atoms with Crippen molar-refractivity contribution < 1.29 is 31.5 Å².